The average molecular weight is 494 g/mol. The Hall–Kier alpha value is -2.09. The summed E-state index contributed by atoms with van der Waals surface area (Å²) in [6.07, 6.45) is 2.94. The lowest BCUT2D eigenvalue weighted by Crippen LogP contribution is -2.38. The van der Waals surface area contributed by atoms with Gasteiger partial charge in [-0.1, -0.05) is 42.5 Å². The highest BCUT2D eigenvalue weighted by molar-refractivity contribution is 14.0. The first-order valence-electron chi connectivity index (χ1n) is 9.39. The van der Waals surface area contributed by atoms with Crippen LogP contribution in [0, 0.1) is 0 Å². The zero-order valence-electron chi connectivity index (χ0n) is 16.9. The highest BCUT2D eigenvalue weighted by Gasteiger charge is 2.08. The van der Waals surface area contributed by atoms with Crippen LogP contribution >= 0.6 is 24.0 Å². The predicted molar refractivity (Wildman–Crippen MR) is 128 cm³/mol. The van der Waals surface area contributed by atoms with Crippen LogP contribution in [-0.2, 0) is 12.8 Å². The standard InChI is InChI=1S/C22H30N4O.HI/c1-23-22(24-15-8-12-18-9-5-4-6-10-18)25-16-14-19-11-7-13-20(17-19)21(27)26(2)3;/h4-7,9-11,13,17H,8,12,14-16H2,1-3H3,(H2,23,24,25);1H. The maximum atomic E-state index is 12.1. The van der Waals surface area contributed by atoms with Crippen molar-refractivity contribution in [2.75, 3.05) is 34.2 Å². The Balaban J connectivity index is 0.00000392. The fraction of sp³-hybridized carbons (Fsp3) is 0.364. The minimum Gasteiger partial charge on any atom is -0.356 e. The summed E-state index contributed by atoms with van der Waals surface area (Å²) in [5, 5.41) is 6.68. The largest absolute Gasteiger partial charge is 0.356 e. The van der Waals surface area contributed by atoms with Crippen molar-refractivity contribution in [1.29, 1.82) is 0 Å². The topological polar surface area (TPSA) is 56.7 Å². The first kappa shape index (κ1) is 23.9. The average Bonchev–Trinajstić information content (AvgIpc) is 2.70. The number of hydrogen-bond donors (Lipinski definition) is 2. The smallest absolute Gasteiger partial charge is 0.253 e. The number of amides is 1. The van der Waals surface area contributed by atoms with Gasteiger partial charge in [0.2, 0.25) is 0 Å². The molecule has 2 N–H and O–H groups in total. The molecular weight excluding hydrogens is 463 g/mol. The van der Waals surface area contributed by atoms with Crippen molar-refractivity contribution in [3.63, 3.8) is 0 Å². The van der Waals surface area contributed by atoms with Gasteiger partial charge in [0.1, 0.15) is 0 Å². The van der Waals surface area contributed by atoms with Crippen LogP contribution in [0.5, 0.6) is 0 Å². The molecule has 0 saturated carbocycles. The third-order valence-electron chi connectivity index (χ3n) is 4.29. The summed E-state index contributed by atoms with van der Waals surface area (Å²) in [5.74, 6) is 0.837. The quantitative estimate of drug-likeness (QED) is 0.256. The molecule has 0 atom stereocenters. The van der Waals surface area contributed by atoms with E-state index in [0.29, 0.717) is 0 Å². The number of nitrogens with zero attached hydrogens (tertiary/aromatic N) is 2. The van der Waals surface area contributed by atoms with Crippen LogP contribution in [0.2, 0.25) is 0 Å². The zero-order chi connectivity index (χ0) is 19.5. The molecule has 0 bridgehead atoms. The molecule has 5 nitrogen and oxygen atoms in total. The SMILES string of the molecule is CN=C(NCCCc1ccccc1)NCCc1cccc(C(=O)N(C)C)c1.I. The summed E-state index contributed by atoms with van der Waals surface area (Å²) in [6.45, 7) is 1.64. The first-order valence-corrected chi connectivity index (χ1v) is 9.39. The normalized spacial score (nSPS) is 10.8. The Labute approximate surface area is 185 Å². The molecule has 6 heteroatoms. The molecule has 0 fully saturated rings. The number of rotatable bonds is 8. The van der Waals surface area contributed by atoms with Gasteiger partial charge in [0, 0.05) is 39.8 Å². The van der Waals surface area contributed by atoms with Crippen LogP contribution < -0.4 is 10.6 Å². The highest BCUT2D eigenvalue weighted by Crippen LogP contribution is 2.07. The molecule has 0 spiro atoms. The van der Waals surface area contributed by atoms with Gasteiger partial charge in [0.05, 0.1) is 0 Å². The number of nitrogens with one attached hydrogen (secondary N) is 2. The lowest BCUT2D eigenvalue weighted by atomic mass is 10.1. The van der Waals surface area contributed by atoms with Crippen LogP contribution in [0.25, 0.3) is 0 Å². The van der Waals surface area contributed by atoms with Gasteiger partial charge in [-0.2, -0.15) is 0 Å². The lowest BCUT2D eigenvalue weighted by molar-refractivity contribution is 0.0827. The van der Waals surface area contributed by atoms with E-state index in [1.165, 1.54) is 5.56 Å². The summed E-state index contributed by atoms with van der Waals surface area (Å²) >= 11 is 0. The number of hydrogen-bond acceptors (Lipinski definition) is 2. The molecule has 2 aromatic carbocycles. The van der Waals surface area contributed by atoms with Gasteiger partial charge < -0.3 is 15.5 Å². The van der Waals surface area contributed by atoms with Crippen molar-refractivity contribution in [2.24, 2.45) is 4.99 Å². The maximum Gasteiger partial charge on any atom is 0.253 e. The summed E-state index contributed by atoms with van der Waals surface area (Å²) in [5.41, 5.74) is 3.21. The van der Waals surface area contributed by atoms with E-state index in [-0.39, 0.29) is 29.9 Å². The van der Waals surface area contributed by atoms with E-state index in [4.69, 9.17) is 0 Å². The minimum absolute atomic E-state index is 0. The Morgan fingerprint density at radius 1 is 0.929 bits per heavy atom. The van der Waals surface area contributed by atoms with Crippen molar-refractivity contribution in [3.05, 3.63) is 71.3 Å². The summed E-state index contributed by atoms with van der Waals surface area (Å²) in [6, 6.07) is 18.3. The van der Waals surface area contributed by atoms with Crippen molar-refractivity contribution >= 4 is 35.8 Å². The fourth-order valence-corrected chi connectivity index (χ4v) is 2.81. The number of benzene rings is 2. The molecule has 0 aliphatic rings. The summed E-state index contributed by atoms with van der Waals surface area (Å²) in [7, 11) is 5.32. The molecule has 0 aliphatic heterocycles. The van der Waals surface area contributed by atoms with Crippen molar-refractivity contribution in [1.82, 2.24) is 15.5 Å². The molecule has 0 heterocycles. The molecule has 0 radical (unpaired) electrons. The second kappa shape index (κ2) is 13.1. The van der Waals surface area contributed by atoms with E-state index in [2.05, 4.69) is 39.9 Å². The third-order valence-corrected chi connectivity index (χ3v) is 4.29. The molecule has 0 saturated heterocycles. The van der Waals surface area contributed by atoms with Gasteiger partial charge >= 0.3 is 0 Å². The predicted octanol–water partition coefficient (Wildman–Crippen LogP) is 3.35. The fourth-order valence-electron chi connectivity index (χ4n) is 2.81. The summed E-state index contributed by atoms with van der Waals surface area (Å²) < 4.78 is 0. The number of halogens is 1. The van der Waals surface area contributed by atoms with Crippen LogP contribution in [0.3, 0.4) is 0 Å². The Bertz CT molecular complexity index is 747. The minimum atomic E-state index is 0. The van der Waals surface area contributed by atoms with E-state index in [1.807, 2.05) is 30.3 Å². The van der Waals surface area contributed by atoms with E-state index in [0.717, 1.165) is 49.4 Å². The number of carbonyl (C=O) groups excluding carboxylic acids is 1. The van der Waals surface area contributed by atoms with Crippen molar-refractivity contribution < 1.29 is 4.79 Å². The Morgan fingerprint density at radius 3 is 2.29 bits per heavy atom. The molecule has 2 aromatic rings. The second-order valence-corrected chi connectivity index (χ2v) is 6.66. The van der Waals surface area contributed by atoms with Crippen LogP contribution in [0.15, 0.2) is 59.6 Å². The van der Waals surface area contributed by atoms with Gasteiger partial charge in [-0.15, -0.1) is 24.0 Å². The summed E-state index contributed by atoms with van der Waals surface area (Å²) in [4.78, 5) is 17.9. The van der Waals surface area contributed by atoms with Crippen molar-refractivity contribution in [3.8, 4) is 0 Å². The van der Waals surface area contributed by atoms with Crippen LogP contribution in [-0.4, -0.2) is 51.0 Å². The Morgan fingerprint density at radius 2 is 1.61 bits per heavy atom. The lowest BCUT2D eigenvalue weighted by Gasteiger charge is -2.13. The number of guanidine groups is 1. The van der Waals surface area contributed by atoms with E-state index in [9.17, 15) is 4.79 Å². The number of aryl methyl sites for hydroxylation is 1. The molecule has 28 heavy (non-hydrogen) atoms. The van der Waals surface area contributed by atoms with E-state index < -0.39 is 0 Å². The number of carbonyl (C=O) groups is 1. The third kappa shape index (κ3) is 8.29. The molecule has 0 aromatic heterocycles. The molecule has 1 amide bonds. The molecule has 0 unspecified atom stereocenters. The van der Waals surface area contributed by atoms with E-state index >= 15 is 0 Å². The maximum absolute atomic E-state index is 12.1. The zero-order valence-corrected chi connectivity index (χ0v) is 19.3. The first-order chi connectivity index (χ1) is 13.1. The highest BCUT2D eigenvalue weighted by atomic mass is 127. The van der Waals surface area contributed by atoms with Crippen molar-refractivity contribution in [2.45, 2.75) is 19.3 Å². The van der Waals surface area contributed by atoms with Gasteiger partial charge in [0.15, 0.2) is 5.96 Å². The monoisotopic (exact) mass is 494 g/mol. The van der Waals surface area contributed by atoms with Gasteiger partial charge in [0.25, 0.3) is 5.91 Å². The Kier molecular flexibility index (Phi) is 11.2. The molecule has 0 aliphatic carbocycles. The van der Waals surface area contributed by atoms with Crippen LogP contribution in [0.4, 0.5) is 0 Å². The molecule has 152 valence electrons. The molecule has 2 rings (SSSR count). The van der Waals surface area contributed by atoms with E-state index in [1.54, 1.807) is 26.0 Å². The second-order valence-electron chi connectivity index (χ2n) is 6.66. The van der Waals surface area contributed by atoms with Gasteiger partial charge in [-0.3, -0.25) is 9.79 Å². The van der Waals surface area contributed by atoms with Crippen LogP contribution in [0.1, 0.15) is 27.9 Å². The van der Waals surface area contributed by atoms with Gasteiger partial charge in [-0.05, 0) is 42.5 Å². The molecular formula is C22H31IN4O. The van der Waals surface area contributed by atoms with Gasteiger partial charge in [-0.25, -0.2) is 0 Å². The number of aliphatic imine (C=N–C) groups is 1.